The third-order valence-electron chi connectivity index (χ3n) is 3.92. The molecule has 0 bridgehead atoms. The van der Waals surface area contributed by atoms with E-state index in [1.165, 1.54) is 12.1 Å². The van der Waals surface area contributed by atoms with Crippen LogP contribution in [0.5, 0.6) is 5.75 Å². The number of nitrogens with one attached hydrogen (secondary N) is 1. The number of nitrogens with zero attached hydrogens (tertiary/aromatic N) is 3. The van der Waals surface area contributed by atoms with Gasteiger partial charge < -0.3 is 20.3 Å². The maximum atomic E-state index is 12.1. The monoisotopic (exact) mass is 335 g/mol. The van der Waals surface area contributed by atoms with E-state index in [0.717, 1.165) is 0 Å². The third kappa shape index (κ3) is 4.34. The zero-order valence-electron chi connectivity index (χ0n) is 13.5. The number of carbonyl (C=O) groups excluding carboxylic acids is 1. The van der Waals surface area contributed by atoms with Gasteiger partial charge in [-0.3, -0.25) is 20.3 Å². The fraction of sp³-hybridized carbons (Fsp3) is 0.467. The van der Waals surface area contributed by atoms with Crippen LogP contribution in [0.1, 0.15) is 12.0 Å². The number of benzene rings is 1. The first-order valence-corrected chi connectivity index (χ1v) is 7.63. The molecule has 0 aromatic heterocycles. The molecular formula is C15H21N5O4. The molecule has 130 valence electrons. The van der Waals surface area contributed by atoms with Crippen LogP contribution in [0, 0.1) is 22.4 Å². The van der Waals surface area contributed by atoms with Gasteiger partial charge in [0.15, 0.2) is 5.96 Å². The Morgan fingerprint density at radius 2 is 1.96 bits per heavy atom. The summed E-state index contributed by atoms with van der Waals surface area (Å²) in [4.78, 5) is 25.9. The van der Waals surface area contributed by atoms with Crippen molar-refractivity contribution in [3.63, 3.8) is 0 Å². The van der Waals surface area contributed by atoms with E-state index in [-0.39, 0.29) is 30.6 Å². The lowest BCUT2D eigenvalue weighted by atomic mass is 10.2. The fourth-order valence-corrected chi connectivity index (χ4v) is 2.53. The maximum Gasteiger partial charge on any atom is 0.272 e. The summed E-state index contributed by atoms with van der Waals surface area (Å²) in [5.74, 6) is 0.517. The fourth-order valence-electron chi connectivity index (χ4n) is 2.53. The van der Waals surface area contributed by atoms with Crippen molar-refractivity contribution < 1.29 is 14.5 Å². The van der Waals surface area contributed by atoms with Gasteiger partial charge in [-0.2, -0.15) is 0 Å². The Labute approximate surface area is 139 Å². The molecule has 3 N–H and O–H groups in total. The number of hydrogen-bond donors (Lipinski definition) is 2. The highest BCUT2D eigenvalue weighted by Crippen LogP contribution is 2.23. The number of nitrogens with two attached hydrogens (primary N) is 1. The Bertz CT molecular complexity index is 641. The van der Waals surface area contributed by atoms with Crippen molar-refractivity contribution >= 4 is 17.6 Å². The smallest absolute Gasteiger partial charge is 0.272 e. The van der Waals surface area contributed by atoms with E-state index in [1.807, 2.05) is 0 Å². The Balaban J connectivity index is 1.78. The van der Waals surface area contributed by atoms with Crippen molar-refractivity contribution in [2.45, 2.75) is 13.3 Å². The Morgan fingerprint density at radius 1 is 1.33 bits per heavy atom. The van der Waals surface area contributed by atoms with Crippen LogP contribution in [0.3, 0.4) is 0 Å². The molecule has 1 aliphatic rings. The van der Waals surface area contributed by atoms with Gasteiger partial charge >= 0.3 is 0 Å². The second-order valence-electron chi connectivity index (χ2n) is 5.56. The minimum absolute atomic E-state index is 0.0168. The molecule has 0 radical (unpaired) electrons. The van der Waals surface area contributed by atoms with Gasteiger partial charge in [0.05, 0.1) is 18.0 Å². The van der Waals surface area contributed by atoms with Crippen molar-refractivity contribution in [3.05, 3.63) is 33.9 Å². The van der Waals surface area contributed by atoms with Crippen molar-refractivity contribution in [2.75, 3.05) is 32.8 Å². The summed E-state index contributed by atoms with van der Waals surface area (Å²) in [6.07, 6.45) is 0.232. The Morgan fingerprint density at radius 3 is 2.50 bits per heavy atom. The average molecular weight is 335 g/mol. The first-order valence-electron chi connectivity index (χ1n) is 7.63. The highest BCUT2D eigenvalue weighted by atomic mass is 16.6. The molecule has 1 saturated heterocycles. The van der Waals surface area contributed by atoms with E-state index in [9.17, 15) is 14.9 Å². The minimum atomic E-state index is -0.441. The van der Waals surface area contributed by atoms with Crippen LogP contribution in [-0.2, 0) is 4.79 Å². The summed E-state index contributed by atoms with van der Waals surface area (Å²) in [5.41, 5.74) is 5.98. The molecule has 0 saturated carbocycles. The summed E-state index contributed by atoms with van der Waals surface area (Å²) >= 11 is 0. The third-order valence-corrected chi connectivity index (χ3v) is 3.92. The SMILES string of the molecule is Cc1cc(OCCC(=O)N2CCN(C(=N)N)CC2)ccc1[N+](=O)[O-]. The van der Waals surface area contributed by atoms with Crippen LogP contribution >= 0.6 is 0 Å². The number of carbonyl (C=O) groups is 1. The number of nitro groups is 1. The van der Waals surface area contributed by atoms with E-state index in [4.69, 9.17) is 15.9 Å². The number of ether oxygens (including phenoxy) is 1. The van der Waals surface area contributed by atoms with Gasteiger partial charge in [-0.1, -0.05) is 0 Å². The Kier molecular flexibility index (Phi) is 5.56. The molecule has 1 aromatic rings. The largest absolute Gasteiger partial charge is 0.493 e. The standard InChI is InChI=1S/C15H21N5O4/c1-11-10-12(2-3-13(11)20(22)23)24-9-4-14(21)18-5-7-19(8-6-18)15(16)17/h2-3,10H,4-9H2,1H3,(H3,16,17). The van der Waals surface area contributed by atoms with E-state index < -0.39 is 4.92 Å². The highest BCUT2D eigenvalue weighted by Gasteiger charge is 2.21. The van der Waals surface area contributed by atoms with E-state index in [1.54, 1.807) is 22.8 Å². The van der Waals surface area contributed by atoms with Gasteiger partial charge in [-0.25, -0.2) is 0 Å². The van der Waals surface area contributed by atoms with Crippen molar-refractivity contribution in [3.8, 4) is 5.75 Å². The number of rotatable bonds is 5. The molecule has 2 rings (SSSR count). The molecule has 1 fully saturated rings. The van der Waals surface area contributed by atoms with Crippen molar-refractivity contribution in [1.29, 1.82) is 5.41 Å². The minimum Gasteiger partial charge on any atom is -0.493 e. The molecule has 0 aliphatic carbocycles. The van der Waals surface area contributed by atoms with Crippen LogP contribution in [-0.4, -0.2) is 59.4 Å². The van der Waals surface area contributed by atoms with Gasteiger partial charge in [0.25, 0.3) is 5.69 Å². The molecule has 1 aromatic carbocycles. The Hall–Kier alpha value is -2.84. The molecule has 24 heavy (non-hydrogen) atoms. The zero-order chi connectivity index (χ0) is 17.7. The van der Waals surface area contributed by atoms with E-state index in [0.29, 0.717) is 37.5 Å². The van der Waals surface area contributed by atoms with Crippen LogP contribution < -0.4 is 10.5 Å². The first kappa shape index (κ1) is 17.5. The number of hydrogen-bond acceptors (Lipinski definition) is 5. The molecule has 1 heterocycles. The van der Waals surface area contributed by atoms with Gasteiger partial charge in [0.1, 0.15) is 5.75 Å². The zero-order valence-corrected chi connectivity index (χ0v) is 13.5. The number of aryl methyl sites for hydroxylation is 1. The number of amides is 1. The first-order chi connectivity index (χ1) is 11.4. The normalized spacial score (nSPS) is 14.4. The predicted octanol–water partition coefficient (Wildman–Crippen LogP) is 0.710. The quantitative estimate of drug-likeness (QED) is 0.353. The van der Waals surface area contributed by atoms with Crippen LogP contribution in [0.25, 0.3) is 0 Å². The lowest BCUT2D eigenvalue weighted by Gasteiger charge is -2.34. The van der Waals surface area contributed by atoms with Gasteiger partial charge in [-0.05, 0) is 19.1 Å². The predicted molar refractivity (Wildman–Crippen MR) is 88.0 cm³/mol. The van der Waals surface area contributed by atoms with Crippen LogP contribution in [0.15, 0.2) is 18.2 Å². The van der Waals surface area contributed by atoms with E-state index >= 15 is 0 Å². The van der Waals surface area contributed by atoms with Gasteiger partial charge in [-0.15, -0.1) is 0 Å². The molecular weight excluding hydrogens is 314 g/mol. The molecule has 0 atom stereocenters. The molecule has 9 nitrogen and oxygen atoms in total. The molecule has 9 heteroatoms. The molecule has 0 unspecified atom stereocenters. The summed E-state index contributed by atoms with van der Waals surface area (Å²) in [7, 11) is 0. The van der Waals surface area contributed by atoms with Crippen LogP contribution in [0.4, 0.5) is 5.69 Å². The summed E-state index contributed by atoms with van der Waals surface area (Å²) in [5, 5.41) is 18.1. The summed E-state index contributed by atoms with van der Waals surface area (Å²) in [6, 6.07) is 4.52. The average Bonchev–Trinajstić information content (AvgIpc) is 2.54. The second-order valence-corrected chi connectivity index (χ2v) is 5.56. The van der Waals surface area contributed by atoms with Gasteiger partial charge in [0, 0.05) is 37.8 Å². The molecule has 0 spiro atoms. The lowest BCUT2D eigenvalue weighted by Crippen LogP contribution is -2.52. The van der Waals surface area contributed by atoms with Crippen molar-refractivity contribution in [1.82, 2.24) is 9.80 Å². The molecule has 1 aliphatic heterocycles. The van der Waals surface area contributed by atoms with Crippen LogP contribution in [0.2, 0.25) is 0 Å². The number of nitro benzene ring substituents is 1. The number of piperazine rings is 1. The lowest BCUT2D eigenvalue weighted by molar-refractivity contribution is -0.385. The number of guanidine groups is 1. The second kappa shape index (κ2) is 7.62. The van der Waals surface area contributed by atoms with E-state index in [2.05, 4.69) is 0 Å². The summed E-state index contributed by atoms with van der Waals surface area (Å²) in [6.45, 7) is 4.05. The summed E-state index contributed by atoms with van der Waals surface area (Å²) < 4.78 is 5.51. The maximum absolute atomic E-state index is 12.1. The highest BCUT2D eigenvalue weighted by molar-refractivity contribution is 5.78. The van der Waals surface area contributed by atoms with Crippen molar-refractivity contribution in [2.24, 2.45) is 5.73 Å². The molecule has 1 amide bonds. The topological polar surface area (TPSA) is 126 Å². The van der Waals surface area contributed by atoms with Gasteiger partial charge in [0.2, 0.25) is 5.91 Å².